The maximum Gasteiger partial charge on any atom is 0.225 e. The number of nitrogens with two attached hydrogens (primary N) is 1. The molecule has 0 spiro atoms. The van der Waals surface area contributed by atoms with Crippen LogP contribution in [0.4, 0.5) is 11.4 Å². The predicted octanol–water partition coefficient (Wildman–Crippen LogP) is 1.83. The molecule has 1 aromatic rings. The summed E-state index contributed by atoms with van der Waals surface area (Å²) in [6.45, 7) is 0.639. The molecule has 0 aromatic heterocycles. The summed E-state index contributed by atoms with van der Waals surface area (Å²) < 4.78 is 0. The molecular weight excluding hydrogens is 266 g/mol. The van der Waals surface area contributed by atoms with E-state index in [2.05, 4.69) is 10.2 Å². The molecule has 1 aliphatic carbocycles. The number of carbonyl (C=O) groups excluding carboxylic acids is 1. The fraction of sp³-hybridized carbons (Fsp3) is 0.562. The van der Waals surface area contributed by atoms with E-state index in [1.807, 2.05) is 19.2 Å². The number of hydrogen-bond acceptors (Lipinski definition) is 4. The summed E-state index contributed by atoms with van der Waals surface area (Å²) in [5, 5.41) is 12.8. The molecule has 0 radical (unpaired) electrons. The number of nitrogens with zero attached hydrogens (tertiary/aromatic N) is 1. The molecule has 1 saturated carbocycles. The van der Waals surface area contributed by atoms with Crippen LogP contribution in [-0.4, -0.2) is 41.7 Å². The number of rotatable bonds is 5. The standard InChI is InChI=1S/C16H25N3O2/c1-19(14-8-4-5-9-15(14)20)11-10-16(21)18-13-7-3-2-6-12(13)17/h2-3,6-7,14-15,20H,4-5,8-11,17H2,1H3,(H,18,21). The van der Waals surface area contributed by atoms with Gasteiger partial charge in [0.1, 0.15) is 0 Å². The van der Waals surface area contributed by atoms with Gasteiger partial charge < -0.3 is 21.1 Å². The highest BCUT2D eigenvalue weighted by Gasteiger charge is 2.26. The van der Waals surface area contributed by atoms with E-state index in [4.69, 9.17) is 5.73 Å². The normalized spacial score (nSPS) is 22.2. The molecule has 2 rings (SSSR count). The summed E-state index contributed by atoms with van der Waals surface area (Å²) in [5.74, 6) is -0.0509. The van der Waals surface area contributed by atoms with Crippen molar-refractivity contribution in [3.63, 3.8) is 0 Å². The highest BCUT2D eigenvalue weighted by molar-refractivity contribution is 5.93. The van der Waals surface area contributed by atoms with Gasteiger partial charge >= 0.3 is 0 Å². The van der Waals surface area contributed by atoms with Gasteiger partial charge in [-0.05, 0) is 32.0 Å². The van der Waals surface area contributed by atoms with Crippen molar-refractivity contribution in [3.05, 3.63) is 24.3 Å². The van der Waals surface area contributed by atoms with Gasteiger partial charge in [-0.3, -0.25) is 4.79 Å². The Labute approximate surface area is 126 Å². The Hall–Kier alpha value is -1.59. The zero-order valence-electron chi connectivity index (χ0n) is 12.6. The second kappa shape index (κ2) is 7.43. The molecule has 0 heterocycles. The number of anilines is 2. The number of aliphatic hydroxyl groups is 1. The summed E-state index contributed by atoms with van der Waals surface area (Å²) in [4.78, 5) is 14.1. The molecule has 0 aliphatic heterocycles. The van der Waals surface area contributed by atoms with Crippen LogP contribution in [0, 0.1) is 0 Å². The number of aliphatic hydroxyl groups excluding tert-OH is 1. The summed E-state index contributed by atoms with van der Waals surface area (Å²) in [7, 11) is 1.98. The molecule has 2 unspecified atom stereocenters. The third kappa shape index (κ3) is 4.44. The topological polar surface area (TPSA) is 78.6 Å². The van der Waals surface area contributed by atoms with Crippen LogP contribution in [0.15, 0.2) is 24.3 Å². The summed E-state index contributed by atoms with van der Waals surface area (Å²) in [6.07, 6.45) is 4.25. The highest BCUT2D eigenvalue weighted by Crippen LogP contribution is 2.22. The molecule has 1 aromatic carbocycles. The maximum absolute atomic E-state index is 12.0. The van der Waals surface area contributed by atoms with Gasteiger partial charge in [0, 0.05) is 19.0 Å². The number of carbonyl (C=O) groups is 1. The Morgan fingerprint density at radius 1 is 1.38 bits per heavy atom. The molecule has 0 bridgehead atoms. The minimum absolute atomic E-state index is 0.0509. The molecule has 5 heteroatoms. The number of hydrogen-bond donors (Lipinski definition) is 3. The summed E-state index contributed by atoms with van der Waals surface area (Å²) in [5.41, 5.74) is 7.03. The lowest BCUT2D eigenvalue weighted by Gasteiger charge is -2.35. The van der Waals surface area contributed by atoms with Crippen LogP contribution in [-0.2, 0) is 4.79 Å². The zero-order valence-corrected chi connectivity index (χ0v) is 12.6. The fourth-order valence-electron chi connectivity index (χ4n) is 2.87. The van der Waals surface area contributed by atoms with Crippen LogP contribution in [0.25, 0.3) is 0 Å². The van der Waals surface area contributed by atoms with Gasteiger partial charge in [0.15, 0.2) is 0 Å². The first-order chi connectivity index (χ1) is 10.1. The van der Waals surface area contributed by atoms with E-state index in [-0.39, 0.29) is 18.1 Å². The second-order valence-corrected chi connectivity index (χ2v) is 5.79. The van der Waals surface area contributed by atoms with E-state index in [0.29, 0.717) is 24.3 Å². The minimum Gasteiger partial charge on any atom is -0.397 e. The largest absolute Gasteiger partial charge is 0.397 e. The van der Waals surface area contributed by atoms with E-state index >= 15 is 0 Å². The van der Waals surface area contributed by atoms with Crippen LogP contribution in [0.5, 0.6) is 0 Å². The number of nitrogen functional groups attached to an aromatic ring is 1. The molecule has 2 atom stereocenters. The molecule has 21 heavy (non-hydrogen) atoms. The van der Waals surface area contributed by atoms with Gasteiger partial charge in [-0.2, -0.15) is 0 Å². The van der Waals surface area contributed by atoms with E-state index in [1.54, 1.807) is 12.1 Å². The van der Waals surface area contributed by atoms with Gasteiger partial charge in [-0.1, -0.05) is 25.0 Å². The van der Waals surface area contributed by atoms with Crippen molar-refractivity contribution in [1.29, 1.82) is 0 Å². The molecule has 5 nitrogen and oxygen atoms in total. The van der Waals surface area contributed by atoms with Crippen molar-refractivity contribution < 1.29 is 9.90 Å². The SMILES string of the molecule is CN(CCC(=O)Nc1ccccc1N)C1CCCCC1O. The lowest BCUT2D eigenvalue weighted by Crippen LogP contribution is -2.44. The Morgan fingerprint density at radius 2 is 2.10 bits per heavy atom. The number of benzene rings is 1. The van der Waals surface area contributed by atoms with Crippen LogP contribution >= 0.6 is 0 Å². The Bertz CT molecular complexity index is 478. The first kappa shape index (κ1) is 15.8. The Morgan fingerprint density at radius 3 is 2.81 bits per heavy atom. The van der Waals surface area contributed by atoms with Crippen molar-refractivity contribution >= 4 is 17.3 Å². The number of para-hydroxylation sites is 2. The first-order valence-electron chi connectivity index (χ1n) is 7.60. The number of likely N-dealkylation sites (N-methyl/N-ethyl adjacent to an activating group) is 1. The third-order valence-corrected chi connectivity index (χ3v) is 4.19. The zero-order chi connectivity index (χ0) is 15.2. The molecule has 1 aliphatic rings. The average molecular weight is 291 g/mol. The van der Waals surface area contributed by atoms with E-state index in [0.717, 1.165) is 25.7 Å². The fourth-order valence-corrected chi connectivity index (χ4v) is 2.87. The van der Waals surface area contributed by atoms with E-state index in [1.165, 1.54) is 0 Å². The summed E-state index contributed by atoms with van der Waals surface area (Å²) in [6, 6.07) is 7.41. The Kier molecular flexibility index (Phi) is 5.59. The predicted molar refractivity (Wildman–Crippen MR) is 85.0 cm³/mol. The van der Waals surface area contributed by atoms with Crippen molar-refractivity contribution in [2.45, 2.75) is 44.2 Å². The second-order valence-electron chi connectivity index (χ2n) is 5.79. The molecule has 1 fully saturated rings. The van der Waals surface area contributed by atoms with Crippen molar-refractivity contribution in [2.24, 2.45) is 0 Å². The van der Waals surface area contributed by atoms with Gasteiger partial charge in [-0.25, -0.2) is 0 Å². The van der Waals surface area contributed by atoms with Crippen molar-refractivity contribution in [1.82, 2.24) is 4.90 Å². The monoisotopic (exact) mass is 291 g/mol. The van der Waals surface area contributed by atoms with Gasteiger partial charge in [0.2, 0.25) is 5.91 Å². The molecule has 116 valence electrons. The molecular formula is C16H25N3O2. The van der Waals surface area contributed by atoms with E-state index in [9.17, 15) is 9.90 Å². The smallest absolute Gasteiger partial charge is 0.225 e. The molecule has 0 saturated heterocycles. The molecule has 1 amide bonds. The van der Waals surface area contributed by atoms with Crippen LogP contribution in [0.2, 0.25) is 0 Å². The van der Waals surface area contributed by atoms with Crippen molar-refractivity contribution in [3.8, 4) is 0 Å². The van der Waals surface area contributed by atoms with Gasteiger partial charge in [-0.15, -0.1) is 0 Å². The van der Waals surface area contributed by atoms with Gasteiger partial charge in [0.25, 0.3) is 0 Å². The van der Waals surface area contributed by atoms with Crippen LogP contribution in [0.1, 0.15) is 32.1 Å². The quantitative estimate of drug-likeness (QED) is 0.723. The minimum atomic E-state index is -0.267. The van der Waals surface area contributed by atoms with Gasteiger partial charge in [0.05, 0.1) is 17.5 Å². The average Bonchev–Trinajstić information content (AvgIpc) is 2.48. The van der Waals surface area contributed by atoms with Crippen molar-refractivity contribution in [2.75, 3.05) is 24.6 Å². The lowest BCUT2D eigenvalue weighted by atomic mass is 9.91. The van der Waals surface area contributed by atoms with Crippen LogP contribution < -0.4 is 11.1 Å². The number of amides is 1. The third-order valence-electron chi connectivity index (χ3n) is 4.19. The number of nitrogens with one attached hydrogen (secondary N) is 1. The maximum atomic E-state index is 12.0. The van der Waals surface area contributed by atoms with Crippen LogP contribution in [0.3, 0.4) is 0 Å². The first-order valence-corrected chi connectivity index (χ1v) is 7.60. The molecule has 4 N–H and O–H groups in total. The Balaban J connectivity index is 1.79. The summed E-state index contributed by atoms with van der Waals surface area (Å²) >= 11 is 0. The van der Waals surface area contributed by atoms with E-state index < -0.39 is 0 Å². The highest BCUT2D eigenvalue weighted by atomic mass is 16.3. The lowest BCUT2D eigenvalue weighted by molar-refractivity contribution is -0.116.